The number of amides is 1. The third-order valence-corrected chi connectivity index (χ3v) is 4.68. The molecule has 1 fully saturated rings. The topological polar surface area (TPSA) is 91.6 Å². The maximum Gasteiger partial charge on any atom is 0.341 e. The van der Waals surface area contributed by atoms with Crippen LogP contribution in [-0.4, -0.2) is 52.6 Å². The van der Waals surface area contributed by atoms with Crippen molar-refractivity contribution in [3.63, 3.8) is 0 Å². The van der Waals surface area contributed by atoms with Crippen LogP contribution >= 0.6 is 0 Å². The maximum atomic E-state index is 12.3. The number of nitrogens with one attached hydrogen (secondary N) is 1. The molecule has 2 heterocycles. The van der Waals surface area contributed by atoms with Crippen molar-refractivity contribution in [2.24, 2.45) is 0 Å². The summed E-state index contributed by atoms with van der Waals surface area (Å²) in [5.41, 5.74) is -0.174. The number of hydrogen-bond donors (Lipinski definition) is 2. The number of carbonyl (C=O) groups excluding carboxylic acids is 1. The lowest BCUT2D eigenvalue weighted by atomic mass is 10.1. The number of aromatic carboxylic acids is 1. The summed E-state index contributed by atoms with van der Waals surface area (Å²) >= 11 is 0. The van der Waals surface area contributed by atoms with Gasteiger partial charge < -0.3 is 15.0 Å². The van der Waals surface area contributed by atoms with Crippen molar-refractivity contribution < 1.29 is 14.7 Å². The average molecular weight is 321 g/mol. The molecule has 7 heteroatoms. The highest BCUT2D eigenvalue weighted by Crippen LogP contribution is 2.25. The summed E-state index contributed by atoms with van der Waals surface area (Å²) < 4.78 is 1.46. The van der Waals surface area contributed by atoms with Crippen LogP contribution in [0.2, 0.25) is 0 Å². The highest BCUT2D eigenvalue weighted by Gasteiger charge is 2.32. The number of aryl methyl sites for hydroxylation is 1. The molecule has 0 unspecified atom stereocenters. The number of carbonyl (C=O) groups is 2. The molecule has 126 valence electrons. The Labute approximate surface area is 134 Å². The van der Waals surface area contributed by atoms with Crippen molar-refractivity contribution in [1.82, 2.24) is 14.8 Å². The van der Waals surface area contributed by atoms with E-state index in [1.165, 1.54) is 4.57 Å². The second-order valence-electron chi connectivity index (χ2n) is 6.06. The van der Waals surface area contributed by atoms with Crippen LogP contribution in [0.15, 0.2) is 17.1 Å². The molecule has 0 spiro atoms. The van der Waals surface area contributed by atoms with E-state index in [2.05, 4.69) is 10.2 Å². The number of rotatable bonds is 5. The van der Waals surface area contributed by atoms with Crippen molar-refractivity contribution >= 4 is 11.9 Å². The molecule has 1 aromatic rings. The summed E-state index contributed by atoms with van der Waals surface area (Å²) in [6.45, 7) is 2.05. The predicted octanol–water partition coefficient (Wildman–Crippen LogP) is 0.454. The van der Waals surface area contributed by atoms with E-state index in [0.29, 0.717) is 18.5 Å². The van der Waals surface area contributed by atoms with E-state index in [1.807, 2.05) is 7.05 Å². The quantitative estimate of drug-likeness (QED) is 0.822. The van der Waals surface area contributed by atoms with Crippen molar-refractivity contribution in [2.45, 2.75) is 44.8 Å². The van der Waals surface area contributed by atoms with Gasteiger partial charge in [-0.2, -0.15) is 0 Å². The maximum absolute atomic E-state index is 12.3. The number of hydrogen-bond acceptors (Lipinski definition) is 4. The van der Waals surface area contributed by atoms with Gasteiger partial charge in [0.25, 0.3) is 5.56 Å². The average Bonchev–Trinajstić information content (AvgIpc) is 2.82. The molecule has 2 atom stereocenters. The Balaban J connectivity index is 2.15. The van der Waals surface area contributed by atoms with Gasteiger partial charge in [-0.15, -0.1) is 0 Å². The van der Waals surface area contributed by atoms with Gasteiger partial charge in [0.15, 0.2) is 0 Å². The Morgan fingerprint density at radius 2 is 2.00 bits per heavy atom. The SMILES string of the molecule is CNC(=O)C[C@H]1CC[C@@H](Cn2ccc(C)c(C(=O)O)c2=O)N1C. The van der Waals surface area contributed by atoms with Crippen LogP contribution in [0.4, 0.5) is 0 Å². The smallest absolute Gasteiger partial charge is 0.341 e. The van der Waals surface area contributed by atoms with E-state index >= 15 is 0 Å². The summed E-state index contributed by atoms with van der Waals surface area (Å²) in [5, 5.41) is 11.8. The standard InChI is InChI=1S/C16H23N3O4/c1-10-6-7-19(15(21)14(10)16(22)23)9-12-5-4-11(18(12)3)8-13(20)17-2/h6-7,11-12H,4-5,8-9H2,1-3H3,(H,17,20)(H,22,23)/t11-,12+/m1/s1. The molecule has 1 saturated heterocycles. The summed E-state index contributed by atoms with van der Waals surface area (Å²) in [6, 6.07) is 1.92. The van der Waals surface area contributed by atoms with Crippen LogP contribution in [0.1, 0.15) is 35.2 Å². The zero-order valence-electron chi connectivity index (χ0n) is 13.7. The molecule has 0 aromatic carbocycles. The van der Waals surface area contributed by atoms with Gasteiger partial charge in [0.2, 0.25) is 5.91 Å². The molecule has 7 nitrogen and oxygen atoms in total. The van der Waals surface area contributed by atoms with Crippen LogP contribution in [0, 0.1) is 6.92 Å². The Hall–Kier alpha value is -2.15. The largest absolute Gasteiger partial charge is 0.477 e. The molecular formula is C16H23N3O4. The third-order valence-electron chi connectivity index (χ3n) is 4.68. The van der Waals surface area contributed by atoms with Gasteiger partial charge in [0, 0.05) is 38.3 Å². The summed E-state index contributed by atoms with van der Waals surface area (Å²) in [5.74, 6) is -1.19. The van der Waals surface area contributed by atoms with Crippen LogP contribution in [0.5, 0.6) is 0 Å². The lowest BCUT2D eigenvalue weighted by Crippen LogP contribution is -2.40. The molecule has 1 aliphatic heterocycles. The minimum absolute atomic E-state index is 0.00293. The highest BCUT2D eigenvalue weighted by atomic mass is 16.4. The van der Waals surface area contributed by atoms with Crippen LogP contribution in [-0.2, 0) is 11.3 Å². The van der Waals surface area contributed by atoms with E-state index < -0.39 is 11.5 Å². The lowest BCUT2D eigenvalue weighted by Gasteiger charge is -2.26. The van der Waals surface area contributed by atoms with E-state index in [4.69, 9.17) is 0 Å². The van der Waals surface area contributed by atoms with Crippen molar-refractivity contribution in [1.29, 1.82) is 0 Å². The number of likely N-dealkylation sites (tertiary alicyclic amines) is 1. The number of carboxylic acids is 1. The summed E-state index contributed by atoms with van der Waals surface area (Å²) in [4.78, 5) is 37.2. The minimum atomic E-state index is -1.20. The number of pyridine rings is 1. The van der Waals surface area contributed by atoms with Gasteiger partial charge >= 0.3 is 5.97 Å². The molecular weight excluding hydrogens is 298 g/mol. The van der Waals surface area contributed by atoms with Crippen LogP contribution in [0.25, 0.3) is 0 Å². The molecule has 0 saturated carbocycles. The van der Waals surface area contributed by atoms with Crippen molar-refractivity contribution in [3.8, 4) is 0 Å². The predicted molar refractivity (Wildman–Crippen MR) is 85.7 cm³/mol. The lowest BCUT2D eigenvalue weighted by molar-refractivity contribution is -0.121. The van der Waals surface area contributed by atoms with E-state index in [0.717, 1.165) is 12.8 Å². The zero-order valence-corrected chi connectivity index (χ0v) is 13.7. The van der Waals surface area contributed by atoms with Crippen molar-refractivity contribution in [3.05, 3.63) is 33.7 Å². The van der Waals surface area contributed by atoms with Crippen LogP contribution in [0.3, 0.4) is 0 Å². The number of carboxylic acid groups (broad SMARTS) is 1. The first kappa shape index (κ1) is 17.2. The Kier molecular flexibility index (Phi) is 5.20. The van der Waals surface area contributed by atoms with Crippen molar-refractivity contribution in [2.75, 3.05) is 14.1 Å². The van der Waals surface area contributed by atoms with Crippen LogP contribution < -0.4 is 10.9 Å². The van der Waals surface area contributed by atoms with Gasteiger partial charge in [-0.1, -0.05) is 0 Å². The number of likely N-dealkylation sites (N-methyl/N-ethyl adjacent to an activating group) is 1. The van der Waals surface area contributed by atoms with Gasteiger partial charge in [-0.05, 0) is 38.4 Å². The molecule has 0 aliphatic carbocycles. The second-order valence-corrected chi connectivity index (χ2v) is 6.06. The number of aromatic nitrogens is 1. The first-order valence-corrected chi connectivity index (χ1v) is 7.71. The van der Waals surface area contributed by atoms with Gasteiger partial charge in [0.1, 0.15) is 5.56 Å². The molecule has 23 heavy (non-hydrogen) atoms. The third kappa shape index (κ3) is 3.61. The molecule has 1 amide bonds. The summed E-state index contributed by atoms with van der Waals surface area (Å²) in [6.07, 6.45) is 3.85. The van der Waals surface area contributed by atoms with Gasteiger partial charge in [-0.3, -0.25) is 14.5 Å². The molecule has 2 rings (SSSR count). The minimum Gasteiger partial charge on any atom is -0.477 e. The van der Waals surface area contributed by atoms with E-state index in [9.17, 15) is 19.5 Å². The Morgan fingerprint density at radius 1 is 1.35 bits per heavy atom. The Bertz CT molecular complexity index is 668. The number of nitrogens with zero attached hydrogens (tertiary/aromatic N) is 2. The Morgan fingerprint density at radius 3 is 2.61 bits per heavy atom. The fourth-order valence-electron chi connectivity index (χ4n) is 3.17. The monoisotopic (exact) mass is 321 g/mol. The van der Waals surface area contributed by atoms with E-state index in [-0.39, 0.29) is 23.6 Å². The molecule has 0 bridgehead atoms. The zero-order chi connectivity index (χ0) is 17.1. The van der Waals surface area contributed by atoms with Gasteiger partial charge in [0.05, 0.1) is 0 Å². The molecule has 1 aromatic heterocycles. The fraction of sp³-hybridized carbons (Fsp3) is 0.562. The molecule has 1 aliphatic rings. The first-order valence-electron chi connectivity index (χ1n) is 7.71. The highest BCUT2D eigenvalue weighted by molar-refractivity contribution is 5.88. The molecule has 0 radical (unpaired) electrons. The second kappa shape index (κ2) is 6.95. The van der Waals surface area contributed by atoms with E-state index in [1.54, 1.807) is 26.2 Å². The van der Waals surface area contributed by atoms with Gasteiger partial charge in [-0.25, -0.2) is 4.79 Å². The normalized spacial score (nSPS) is 21.3. The summed E-state index contributed by atoms with van der Waals surface area (Å²) in [7, 11) is 3.57. The first-order chi connectivity index (χ1) is 10.8. The fourth-order valence-corrected chi connectivity index (χ4v) is 3.17. The molecule has 2 N–H and O–H groups in total.